The lowest BCUT2D eigenvalue weighted by Crippen LogP contribution is -2.36. The lowest BCUT2D eigenvalue weighted by Gasteiger charge is -2.28. The van der Waals surface area contributed by atoms with Crippen molar-refractivity contribution in [1.29, 1.82) is 0 Å². The number of ether oxygens (including phenoxy) is 1. The van der Waals surface area contributed by atoms with Crippen LogP contribution >= 0.6 is 0 Å². The molecule has 32 heavy (non-hydrogen) atoms. The normalized spacial score (nSPS) is 14.2. The Balaban J connectivity index is 1.43. The molecule has 2 N–H and O–H groups in total. The maximum Gasteiger partial charge on any atom is 0.417 e. The van der Waals surface area contributed by atoms with Crippen LogP contribution in [0.25, 0.3) is 0 Å². The highest BCUT2D eigenvalue weighted by Gasteiger charge is 2.30. The average Bonchev–Trinajstić information content (AvgIpc) is 2.80. The van der Waals surface area contributed by atoms with E-state index >= 15 is 0 Å². The molecule has 11 heteroatoms. The lowest BCUT2D eigenvalue weighted by atomic mass is 10.2. The molecule has 0 spiro atoms. The SMILES string of the molecule is O=C(Nc1cncc(N2CCOCC2)c1)c1ccnc(Nc2ccc(C(F)(F)F)cn2)c1. The van der Waals surface area contributed by atoms with Gasteiger partial charge in [0.2, 0.25) is 0 Å². The molecule has 166 valence electrons. The summed E-state index contributed by atoms with van der Waals surface area (Å²) in [6.07, 6.45) is 0.966. The van der Waals surface area contributed by atoms with Gasteiger partial charge in [-0.05, 0) is 30.3 Å². The number of hydrogen-bond acceptors (Lipinski definition) is 7. The van der Waals surface area contributed by atoms with Gasteiger partial charge >= 0.3 is 6.18 Å². The van der Waals surface area contributed by atoms with Crippen molar-refractivity contribution in [2.75, 3.05) is 41.8 Å². The first-order chi connectivity index (χ1) is 15.4. The van der Waals surface area contributed by atoms with E-state index in [1.54, 1.807) is 12.4 Å². The van der Waals surface area contributed by atoms with E-state index in [4.69, 9.17) is 4.74 Å². The van der Waals surface area contributed by atoms with E-state index in [1.165, 1.54) is 24.4 Å². The van der Waals surface area contributed by atoms with Crippen molar-refractivity contribution in [2.24, 2.45) is 0 Å². The van der Waals surface area contributed by atoms with Crippen molar-refractivity contribution in [3.63, 3.8) is 0 Å². The molecular weight excluding hydrogens is 425 g/mol. The minimum Gasteiger partial charge on any atom is -0.378 e. The number of pyridine rings is 3. The van der Waals surface area contributed by atoms with Crippen LogP contribution in [0.4, 0.5) is 36.2 Å². The Morgan fingerprint density at radius 3 is 2.53 bits per heavy atom. The summed E-state index contributed by atoms with van der Waals surface area (Å²) >= 11 is 0. The molecule has 1 fully saturated rings. The molecule has 1 saturated heterocycles. The summed E-state index contributed by atoms with van der Waals surface area (Å²) in [4.78, 5) is 26.8. The summed E-state index contributed by atoms with van der Waals surface area (Å²) in [5, 5.41) is 5.59. The number of alkyl halides is 3. The van der Waals surface area contributed by atoms with Gasteiger partial charge in [-0.1, -0.05) is 0 Å². The molecule has 4 rings (SSSR count). The first-order valence-corrected chi connectivity index (χ1v) is 9.74. The molecule has 0 aromatic carbocycles. The van der Waals surface area contributed by atoms with Crippen molar-refractivity contribution in [3.05, 3.63) is 66.2 Å². The second kappa shape index (κ2) is 9.18. The number of amides is 1. The predicted octanol–water partition coefficient (Wildman–Crippen LogP) is 3.72. The van der Waals surface area contributed by atoms with Gasteiger partial charge in [-0.25, -0.2) is 9.97 Å². The smallest absolute Gasteiger partial charge is 0.378 e. The van der Waals surface area contributed by atoms with Gasteiger partial charge in [0.25, 0.3) is 5.91 Å². The van der Waals surface area contributed by atoms with Crippen molar-refractivity contribution in [1.82, 2.24) is 15.0 Å². The van der Waals surface area contributed by atoms with Crippen molar-refractivity contribution in [3.8, 4) is 0 Å². The third-order valence-electron chi connectivity index (χ3n) is 4.73. The van der Waals surface area contributed by atoms with Crippen LogP contribution in [0.2, 0.25) is 0 Å². The van der Waals surface area contributed by atoms with E-state index in [0.717, 1.165) is 31.0 Å². The molecule has 0 saturated carbocycles. The molecule has 1 aliphatic heterocycles. The fourth-order valence-electron chi connectivity index (χ4n) is 3.10. The molecule has 0 aliphatic carbocycles. The standard InChI is InChI=1S/C21H19F3N6O2/c22-21(23,24)15-1-2-18(27-11-15)29-19-9-14(3-4-26-19)20(31)28-16-10-17(13-25-12-16)30-5-7-32-8-6-30/h1-4,9-13H,5-8H2,(H,28,31)(H,26,27,29). The Kier molecular flexibility index (Phi) is 6.17. The topological polar surface area (TPSA) is 92.3 Å². The first-order valence-electron chi connectivity index (χ1n) is 9.74. The van der Waals surface area contributed by atoms with Gasteiger partial charge in [0, 0.05) is 31.0 Å². The molecule has 1 aliphatic rings. The van der Waals surface area contributed by atoms with Crippen LogP contribution in [0.1, 0.15) is 15.9 Å². The molecule has 3 aromatic rings. The van der Waals surface area contributed by atoms with Gasteiger partial charge in [0.15, 0.2) is 0 Å². The van der Waals surface area contributed by atoms with Crippen molar-refractivity contribution in [2.45, 2.75) is 6.18 Å². The quantitative estimate of drug-likeness (QED) is 0.620. The maximum absolute atomic E-state index is 12.7. The van der Waals surface area contributed by atoms with Gasteiger partial charge < -0.3 is 20.3 Å². The molecule has 0 bridgehead atoms. The molecule has 1 amide bonds. The van der Waals surface area contributed by atoms with E-state index in [0.29, 0.717) is 24.5 Å². The summed E-state index contributed by atoms with van der Waals surface area (Å²) in [6.45, 7) is 2.77. The number of rotatable bonds is 5. The van der Waals surface area contributed by atoms with Gasteiger partial charge in [-0.15, -0.1) is 0 Å². The van der Waals surface area contributed by atoms with E-state index in [9.17, 15) is 18.0 Å². The summed E-state index contributed by atoms with van der Waals surface area (Å²) < 4.78 is 43.4. The molecule has 0 atom stereocenters. The van der Waals surface area contributed by atoms with E-state index in [2.05, 4.69) is 30.5 Å². The number of carbonyl (C=O) groups excluding carboxylic acids is 1. The Labute approximate surface area is 181 Å². The van der Waals surface area contributed by atoms with Gasteiger partial charge in [0.05, 0.1) is 42.5 Å². The summed E-state index contributed by atoms with van der Waals surface area (Å²) in [5.74, 6) is 0.0623. The number of nitrogens with one attached hydrogen (secondary N) is 2. The summed E-state index contributed by atoms with van der Waals surface area (Å²) in [5.41, 5.74) is 0.884. The average molecular weight is 444 g/mol. The van der Waals surface area contributed by atoms with Crippen molar-refractivity contribution >= 4 is 28.9 Å². The zero-order valence-electron chi connectivity index (χ0n) is 16.8. The second-order valence-electron chi connectivity index (χ2n) is 6.97. The fourth-order valence-corrected chi connectivity index (χ4v) is 3.10. The van der Waals surface area contributed by atoms with Crippen LogP contribution in [-0.4, -0.2) is 47.2 Å². The van der Waals surface area contributed by atoms with Crippen LogP contribution in [0.5, 0.6) is 0 Å². The number of aromatic nitrogens is 3. The summed E-state index contributed by atoms with van der Waals surface area (Å²) in [6, 6.07) is 6.96. The predicted molar refractivity (Wildman–Crippen MR) is 112 cm³/mol. The number of carbonyl (C=O) groups is 1. The van der Waals surface area contributed by atoms with E-state index in [1.807, 2.05) is 6.07 Å². The number of nitrogens with zero attached hydrogens (tertiary/aromatic N) is 4. The summed E-state index contributed by atoms with van der Waals surface area (Å²) in [7, 11) is 0. The maximum atomic E-state index is 12.7. The molecule has 0 radical (unpaired) electrons. The number of halogens is 3. The van der Waals surface area contributed by atoms with Crippen LogP contribution in [-0.2, 0) is 10.9 Å². The van der Waals surface area contributed by atoms with Crippen LogP contribution in [0, 0.1) is 0 Å². The number of anilines is 4. The lowest BCUT2D eigenvalue weighted by molar-refractivity contribution is -0.137. The zero-order chi connectivity index (χ0) is 22.6. The minimum atomic E-state index is -4.46. The monoisotopic (exact) mass is 444 g/mol. The minimum absolute atomic E-state index is 0.172. The van der Waals surface area contributed by atoms with Crippen molar-refractivity contribution < 1.29 is 22.7 Å². The van der Waals surface area contributed by atoms with Gasteiger partial charge in [-0.3, -0.25) is 9.78 Å². The number of morpholine rings is 1. The van der Waals surface area contributed by atoms with E-state index in [-0.39, 0.29) is 17.5 Å². The Morgan fingerprint density at radius 1 is 1.00 bits per heavy atom. The van der Waals surface area contributed by atoms with Crippen LogP contribution in [0.3, 0.4) is 0 Å². The largest absolute Gasteiger partial charge is 0.417 e. The van der Waals surface area contributed by atoms with Crippen LogP contribution < -0.4 is 15.5 Å². The molecule has 8 nitrogen and oxygen atoms in total. The first kappa shape index (κ1) is 21.5. The molecule has 4 heterocycles. The van der Waals surface area contributed by atoms with Gasteiger partial charge in [-0.2, -0.15) is 13.2 Å². The molecular formula is C21H19F3N6O2. The van der Waals surface area contributed by atoms with Gasteiger partial charge in [0.1, 0.15) is 11.6 Å². The van der Waals surface area contributed by atoms with Crippen LogP contribution in [0.15, 0.2) is 55.1 Å². The van der Waals surface area contributed by atoms with E-state index < -0.39 is 11.7 Å². The molecule has 0 unspecified atom stereocenters. The second-order valence-corrected chi connectivity index (χ2v) is 6.97. The number of hydrogen-bond donors (Lipinski definition) is 2. The highest BCUT2D eigenvalue weighted by Crippen LogP contribution is 2.29. The third-order valence-corrected chi connectivity index (χ3v) is 4.73. The Hall–Kier alpha value is -3.73. The highest BCUT2D eigenvalue weighted by molar-refractivity contribution is 6.04. The Morgan fingerprint density at radius 2 is 1.81 bits per heavy atom. The fraction of sp³-hybridized carbons (Fsp3) is 0.238. The molecule has 3 aromatic heterocycles. The highest BCUT2D eigenvalue weighted by atomic mass is 19.4. The third kappa shape index (κ3) is 5.30. The zero-order valence-corrected chi connectivity index (χ0v) is 16.8. The Bertz CT molecular complexity index is 1090.